The SMILES string of the molecule is CN1CCSCC1C(=O)Cc1cn(C)nn1. The lowest BCUT2D eigenvalue weighted by atomic mass is 10.1. The van der Waals surface area contributed by atoms with Crippen LogP contribution in [0.1, 0.15) is 5.69 Å². The maximum atomic E-state index is 12.1. The topological polar surface area (TPSA) is 51.0 Å². The molecule has 0 aromatic carbocycles. The summed E-state index contributed by atoms with van der Waals surface area (Å²) in [7, 11) is 3.82. The number of thioether (sulfide) groups is 1. The molecule has 0 amide bonds. The van der Waals surface area contributed by atoms with E-state index in [9.17, 15) is 4.79 Å². The summed E-state index contributed by atoms with van der Waals surface area (Å²) in [6, 6.07) is 0.0424. The molecular formula is C10H16N4OS. The highest BCUT2D eigenvalue weighted by molar-refractivity contribution is 7.99. The molecule has 1 fully saturated rings. The van der Waals surface area contributed by atoms with Gasteiger partial charge in [-0.15, -0.1) is 5.10 Å². The van der Waals surface area contributed by atoms with Crippen molar-refractivity contribution in [3.05, 3.63) is 11.9 Å². The first-order valence-electron chi connectivity index (χ1n) is 5.32. The van der Waals surface area contributed by atoms with Crippen LogP contribution in [-0.2, 0) is 18.3 Å². The molecule has 1 aromatic heterocycles. The fourth-order valence-electron chi connectivity index (χ4n) is 1.80. The van der Waals surface area contributed by atoms with Crippen LogP contribution in [0, 0.1) is 0 Å². The quantitative estimate of drug-likeness (QED) is 0.743. The van der Waals surface area contributed by atoms with Gasteiger partial charge in [-0.05, 0) is 7.05 Å². The lowest BCUT2D eigenvalue weighted by Gasteiger charge is -2.30. The van der Waals surface area contributed by atoms with E-state index in [0.29, 0.717) is 6.42 Å². The number of aromatic nitrogens is 3. The number of nitrogens with zero attached hydrogens (tertiary/aromatic N) is 4. The van der Waals surface area contributed by atoms with Crippen LogP contribution >= 0.6 is 11.8 Å². The minimum atomic E-state index is 0.0424. The molecule has 6 heteroatoms. The van der Waals surface area contributed by atoms with Crippen molar-refractivity contribution in [3.8, 4) is 0 Å². The zero-order valence-electron chi connectivity index (χ0n) is 9.59. The summed E-state index contributed by atoms with van der Waals surface area (Å²) in [6.45, 7) is 0.988. The predicted molar refractivity (Wildman–Crippen MR) is 63.5 cm³/mol. The van der Waals surface area contributed by atoms with Crippen molar-refractivity contribution in [2.24, 2.45) is 7.05 Å². The Kier molecular flexibility index (Phi) is 3.60. The monoisotopic (exact) mass is 240 g/mol. The molecule has 1 unspecified atom stereocenters. The van der Waals surface area contributed by atoms with Gasteiger partial charge in [0.05, 0.1) is 18.2 Å². The second-order valence-electron chi connectivity index (χ2n) is 4.10. The molecule has 0 N–H and O–H groups in total. The molecule has 1 aliphatic heterocycles. The molecule has 5 nitrogen and oxygen atoms in total. The van der Waals surface area contributed by atoms with Crippen LogP contribution < -0.4 is 0 Å². The molecule has 0 saturated carbocycles. The lowest BCUT2D eigenvalue weighted by Crippen LogP contribution is -2.45. The van der Waals surface area contributed by atoms with Crippen LogP contribution in [0.3, 0.4) is 0 Å². The van der Waals surface area contributed by atoms with Gasteiger partial charge in [0.15, 0.2) is 5.78 Å². The van der Waals surface area contributed by atoms with Gasteiger partial charge in [-0.3, -0.25) is 14.4 Å². The number of ketones is 1. The highest BCUT2D eigenvalue weighted by Crippen LogP contribution is 2.16. The normalized spacial score (nSPS) is 22.2. The summed E-state index contributed by atoms with van der Waals surface area (Å²) in [5.41, 5.74) is 0.761. The van der Waals surface area contributed by atoms with Gasteiger partial charge in [0.2, 0.25) is 0 Å². The Bertz CT molecular complexity index is 379. The van der Waals surface area contributed by atoms with E-state index in [0.717, 1.165) is 23.7 Å². The summed E-state index contributed by atoms with van der Waals surface area (Å²) in [6.07, 6.45) is 2.19. The molecule has 2 rings (SSSR count). The first-order valence-corrected chi connectivity index (χ1v) is 6.48. The van der Waals surface area contributed by atoms with Crippen LogP contribution in [0.5, 0.6) is 0 Å². The van der Waals surface area contributed by atoms with Gasteiger partial charge in [0.25, 0.3) is 0 Å². The standard InChI is InChI=1S/C10H16N4OS/c1-13-3-4-16-7-9(13)10(15)5-8-6-14(2)12-11-8/h6,9H,3-5,7H2,1-2H3. The minimum absolute atomic E-state index is 0.0424. The number of carbonyl (C=O) groups is 1. The van der Waals surface area contributed by atoms with Crippen molar-refractivity contribution in [3.63, 3.8) is 0 Å². The number of Topliss-reactive ketones (excluding diaryl/α,β-unsaturated/α-hetero) is 1. The number of carbonyl (C=O) groups excluding carboxylic acids is 1. The predicted octanol–water partition coefficient (Wildman–Crippen LogP) is -0.0261. The molecule has 0 radical (unpaired) electrons. The van der Waals surface area contributed by atoms with Crippen LogP contribution in [0.4, 0.5) is 0 Å². The maximum Gasteiger partial charge on any atom is 0.156 e. The van der Waals surface area contributed by atoms with Crippen LogP contribution in [-0.4, -0.2) is 56.8 Å². The van der Waals surface area contributed by atoms with Crippen molar-refractivity contribution in [2.75, 3.05) is 25.1 Å². The molecule has 1 aromatic rings. The summed E-state index contributed by atoms with van der Waals surface area (Å²) in [5.74, 6) is 2.26. The highest BCUT2D eigenvalue weighted by Gasteiger charge is 2.26. The van der Waals surface area contributed by atoms with E-state index in [-0.39, 0.29) is 11.8 Å². The van der Waals surface area contributed by atoms with Gasteiger partial charge >= 0.3 is 0 Å². The third kappa shape index (κ3) is 2.62. The van der Waals surface area contributed by atoms with Crippen molar-refractivity contribution < 1.29 is 4.79 Å². The van der Waals surface area contributed by atoms with Crippen LogP contribution in [0.2, 0.25) is 0 Å². The minimum Gasteiger partial charge on any atom is -0.297 e. The smallest absolute Gasteiger partial charge is 0.156 e. The molecular weight excluding hydrogens is 224 g/mol. The van der Waals surface area contributed by atoms with Crippen molar-refractivity contribution >= 4 is 17.5 Å². The average molecular weight is 240 g/mol. The van der Waals surface area contributed by atoms with Crippen LogP contribution in [0.25, 0.3) is 0 Å². The number of aryl methyl sites for hydroxylation is 1. The third-order valence-corrected chi connectivity index (χ3v) is 3.80. The van der Waals surface area contributed by atoms with Gasteiger partial charge in [-0.25, -0.2) is 0 Å². The number of hydrogen-bond donors (Lipinski definition) is 0. The Labute approximate surface area is 99.2 Å². The second kappa shape index (κ2) is 4.97. The van der Waals surface area contributed by atoms with Gasteiger partial charge in [0.1, 0.15) is 0 Å². The van der Waals surface area contributed by atoms with E-state index in [4.69, 9.17) is 0 Å². The van der Waals surface area contributed by atoms with E-state index in [1.54, 1.807) is 10.9 Å². The molecule has 2 heterocycles. The zero-order valence-corrected chi connectivity index (χ0v) is 10.4. The first kappa shape index (κ1) is 11.6. The molecule has 1 aliphatic rings. The largest absolute Gasteiger partial charge is 0.297 e. The van der Waals surface area contributed by atoms with Crippen LogP contribution in [0.15, 0.2) is 6.20 Å². The maximum absolute atomic E-state index is 12.1. The van der Waals surface area contributed by atoms with Gasteiger partial charge in [-0.2, -0.15) is 11.8 Å². The van der Waals surface area contributed by atoms with E-state index in [1.807, 2.05) is 25.9 Å². The fraction of sp³-hybridized carbons (Fsp3) is 0.700. The van der Waals surface area contributed by atoms with Crippen molar-refractivity contribution in [2.45, 2.75) is 12.5 Å². The Morgan fingerprint density at radius 3 is 3.06 bits per heavy atom. The second-order valence-corrected chi connectivity index (χ2v) is 5.25. The Morgan fingerprint density at radius 2 is 2.44 bits per heavy atom. The van der Waals surface area contributed by atoms with E-state index >= 15 is 0 Å². The number of rotatable bonds is 3. The summed E-state index contributed by atoms with van der Waals surface area (Å²) in [5, 5.41) is 7.77. The van der Waals surface area contributed by atoms with Crippen molar-refractivity contribution in [1.82, 2.24) is 19.9 Å². The lowest BCUT2D eigenvalue weighted by molar-refractivity contribution is -0.122. The summed E-state index contributed by atoms with van der Waals surface area (Å²) in [4.78, 5) is 14.2. The molecule has 1 atom stereocenters. The Morgan fingerprint density at radius 1 is 1.62 bits per heavy atom. The molecule has 1 saturated heterocycles. The van der Waals surface area contributed by atoms with E-state index in [2.05, 4.69) is 15.2 Å². The molecule has 88 valence electrons. The first-order chi connectivity index (χ1) is 7.66. The van der Waals surface area contributed by atoms with Crippen molar-refractivity contribution in [1.29, 1.82) is 0 Å². The Hall–Kier alpha value is -0.880. The molecule has 0 bridgehead atoms. The zero-order chi connectivity index (χ0) is 11.5. The molecule has 0 aliphatic carbocycles. The Balaban J connectivity index is 1.96. The summed E-state index contributed by atoms with van der Waals surface area (Å²) >= 11 is 1.85. The number of hydrogen-bond acceptors (Lipinski definition) is 5. The molecule has 0 spiro atoms. The third-order valence-electron chi connectivity index (χ3n) is 2.77. The van der Waals surface area contributed by atoms with Gasteiger partial charge in [-0.1, -0.05) is 5.21 Å². The van der Waals surface area contributed by atoms with Gasteiger partial charge < -0.3 is 0 Å². The molecule has 16 heavy (non-hydrogen) atoms. The number of likely N-dealkylation sites (N-methyl/N-ethyl adjacent to an activating group) is 1. The van der Waals surface area contributed by atoms with E-state index in [1.165, 1.54) is 0 Å². The average Bonchev–Trinajstić information content (AvgIpc) is 2.64. The fourth-order valence-corrected chi connectivity index (χ4v) is 3.05. The van der Waals surface area contributed by atoms with Gasteiger partial charge in [0, 0.05) is 31.3 Å². The van der Waals surface area contributed by atoms with E-state index < -0.39 is 0 Å². The highest BCUT2D eigenvalue weighted by atomic mass is 32.2. The summed E-state index contributed by atoms with van der Waals surface area (Å²) < 4.78 is 1.63.